The Labute approximate surface area is 161 Å². The summed E-state index contributed by atoms with van der Waals surface area (Å²) in [6.07, 6.45) is -1.12. The van der Waals surface area contributed by atoms with E-state index in [2.05, 4.69) is 5.32 Å². The molecule has 9 heteroatoms. The molecule has 0 saturated carbocycles. The number of halogens is 1. The minimum atomic E-state index is -0.862. The summed E-state index contributed by atoms with van der Waals surface area (Å²) in [5, 5.41) is 21.6. The summed E-state index contributed by atoms with van der Waals surface area (Å²) in [6.45, 7) is 5.05. The molecule has 152 valence electrons. The SMILES string of the molecule is CC(C)(C)OC(=O)N[C@@H](CC(=O)On1c(O)ccc1O)Cc1ccccc1F. The predicted molar refractivity (Wildman–Crippen MR) is 97.2 cm³/mol. The summed E-state index contributed by atoms with van der Waals surface area (Å²) < 4.78 is 19.7. The molecule has 1 heterocycles. The average molecular weight is 394 g/mol. The van der Waals surface area contributed by atoms with Crippen LogP contribution in [0.25, 0.3) is 0 Å². The monoisotopic (exact) mass is 394 g/mol. The molecule has 0 aliphatic heterocycles. The van der Waals surface area contributed by atoms with Gasteiger partial charge in [-0.25, -0.2) is 14.0 Å². The van der Waals surface area contributed by atoms with Crippen molar-refractivity contribution in [2.75, 3.05) is 0 Å². The second kappa shape index (κ2) is 8.64. The van der Waals surface area contributed by atoms with Crippen LogP contribution in [0.1, 0.15) is 32.8 Å². The number of carbonyl (C=O) groups is 2. The van der Waals surface area contributed by atoms with Crippen LogP contribution >= 0.6 is 0 Å². The fourth-order valence-corrected chi connectivity index (χ4v) is 2.41. The van der Waals surface area contributed by atoms with Gasteiger partial charge in [-0.2, -0.15) is 0 Å². The second-order valence-electron chi connectivity index (χ2n) is 7.15. The lowest BCUT2D eigenvalue weighted by Crippen LogP contribution is -2.42. The van der Waals surface area contributed by atoms with Crippen LogP contribution in [0.2, 0.25) is 0 Å². The van der Waals surface area contributed by atoms with Crippen molar-refractivity contribution in [2.24, 2.45) is 0 Å². The molecule has 0 aliphatic rings. The maximum Gasteiger partial charge on any atom is 0.407 e. The first-order chi connectivity index (χ1) is 13.0. The minimum Gasteiger partial charge on any atom is -0.492 e. The summed E-state index contributed by atoms with van der Waals surface area (Å²) in [6, 6.07) is 7.40. The number of nitrogens with zero attached hydrogens (tertiary/aromatic N) is 1. The number of amides is 1. The number of benzene rings is 1. The van der Waals surface area contributed by atoms with Crippen molar-refractivity contribution in [1.29, 1.82) is 0 Å². The largest absolute Gasteiger partial charge is 0.492 e. The van der Waals surface area contributed by atoms with Gasteiger partial charge in [0.1, 0.15) is 11.4 Å². The van der Waals surface area contributed by atoms with Gasteiger partial charge >= 0.3 is 12.1 Å². The number of nitrogens with one attached hydrogen (secondary N) is 1. The van der Waals surface area contributed by atoms with E-state index in [1.165, 1.54) is 18.2 Å². The summed E-state index contributed by atoms with van der Waals surface area (Å²) >= 11 is 0. The van der Waals surface area contributed by atoms with E-state index in [0.29, 0.717) is 10.3 Å². The van der Waals surface area contributed by atoms with Crippen LogP contribution in [-0.4, -0.2) is 38.6 Å². The number of carbonyl (C=O) groups excluding carboxylic acids is 2. The Balaban J connectivity index is 2.11. The first-order valence-corrected chi connectivity index (χ1v) is 8.59. The summed E-state index contributed by atoms with van der Waals surface area (Å²) in [4.78, 5) is 29.2. The number of hydrogen-bond acceptors (Lipinski definition) is 6. The van der Waals surface area contributed by atoms with E-state index in [0.717, 1.165) is 12.1 Å². The van der Waals surface area contributed by atoms with Gasteiger partial charge in [-0.15, -0.1) is 4.73 Å². The van der Waals surface area contributed by atoms with Gasteiger partial charge in [0.2, 0.25) is 11.8 Å². The Morgan fingerprint density at radius 2 is 1.75 bits per heavy atom. The van der Waals surface area contributed by atoms with Crippen LogP contribution < -0.4 is 10.2 Å². The van der Waals surface area contributed by atoms with Crippen molar-refractivity contribution in [2.45, 2.75) is 45.3 Å². The highest BCUT2D eigenvalue weighted by Crippen LogP contribution is 2.19. The number of hydrogen-bond donors (Lipinski definition) is 3. The van der Waals surface area contributed by atoms with Crippen molar-refractivity contribution < 1.29 is 33.8 Å². The fourth-order valence-electron chi connectivity index (χ4n) is 2.41. The molecule has 1 atom stereocenters. The smallest absolute Gasteiger partial charge is 0.407 e. The molecule has 1 amide bonds. The van der Waals surface area contributed by atoms with Gasteiger partial charge in [-0.1, -0.05) is 18.2 Å². The van der Waals surface area contributed by atoms with E-state index >= 15 is 0 Å². The maximum atomic E-state index is 14.0. The summed E-state index contributed by atoms with van der Waals surface area (Å²) in [5.74, 6) is -2.29. The van der Waals surface area contributed by atoms with Crippen LogP contribution in [-0.2, 0) is 16.0 Å². The predicted octanol–water partition coefficient (Wildman–Crippen LogP) is 2.52. The molecule has 28 heavy (non-hydrogen) atoms. The zero-order valence-corrected chi connectivity index (χ0v) is 15.8. The third-order valence-corrected chi connectivity index (χ3v) is 3.55. The lowest BCUT2D eigenvalue weighted by atomic mass is 10.0. The Hall–Kier alpha value is -3.23. The van der Waals surface area contributed by atoms with E-state index in [1.807, 2.05) is 0 Å². The van der Waals surface area contributed by atoms with E-state index in [9.17, 15) is 24.2 Å². The van der Waals surface area contributed by atoms with Crippen molar-refractivity contribution >= 4 is 12.1 Å². The molecule has 8 nitrogen and oxygen atoms in total. The number of aromatic nitrogens is 1. The van der Waals surface area contributed by atoms with Crippen LogP contribution in [0.3, 0.4) is 0 Å². The molecule has 2 aromatic rings. The topological polar surface area (TPSA) is 110 Å². The molecule has 0 saturated heterocycles. The minimum absolute atomic E-state index is 0.00462. The molecule has 1 aromatic heterocycles. The zero-order valence-electron chi connectivity index (χ0n) is 15.8. The molecule has 0 radical (unpaired) electrons. The lowest BCUT2D eigenvalue weighted by molar-refractivity contribution is -0.146. The molecule has 0 spiro atoms. The Morgan fingerprint density at radius 1 is 1.14 bits per heavy atom. The van der Waals surface area contributed by atoms with Crippen molar-refractivity contribution in [3.05, 3.63) is 47.8 Å². The highest BCUT2D eigenvalue weighted by atomic mass is 19.1. The normalized spacial score (nSPS) is 12.3. The van der Waals surface area contributed by atoms with Gasteiger partial charge in [-0.3, -0.25) is 0 Å². The number of ether oxygens (including phenoxy) is 1. The number of aromatic hydroxyl groups is 2. The highest BCUT2D eigenvalue weighted by molar-refractivity contribution is 5.73. The fraction of sp³-hybridized carbons (Fsp3) is 0.368. The van der Waals surface area contributed by atoms with Crippen molar-refractivity contribution in [1.82, 2.24) is 10.0 Å². The first kappa shape index (κ1) is 21.1. The average Bonchev–Trinajstić information content (AvgIpc) is 2.87. The second-order valence-corrected chi connectivity index (χ2v) is 7.15. The maximum absolute atomic E-state index is 14.0. The van der Waals surface area contributed by atoms with E-state index in [1.54, 1.807) is 26.8 Å². The van der Waals surface area contributed by atoms with Crippen molar-refractivity contribution in [3.8, 4) is 11.8 Å². The van der Waals surface area contributed by atoms with Gasteiger partial charge in [0.15, 0.2) is 0 Å². The van der Waals surface area contributed by atoms with Crippen molar-refractivity contribution in [3.63, 3.8) is 0 Å². The van der Waals surface area contributed by atoms with E-state index in [-0.39, 0.29) is 12.8 Å². The summed E-state index contributed by atoms with van der Waals surface area (Å²) in [5.41, 5.74) is -0.460. The van der Waals surface area contributed by atoms with Gasteiger partial charge in [0.05, 0.1) is 6.42 Å². The quantitative estimate of drug-likeness (QED) is 0.695. The molecule has 1 aromatic carbocycles. The van der Waals surface area contributed by atoms with Crippen LogP contribution in [0.15, 0.2) is 36.4 Å². The molecular weight excluding hydrogens is 371 g/mol. The molecule has 2 rings (SSSR count). The standard InChI is InChI=1S/C19H23FN2O6/c1-19(2,3)27-18(26)21-13(10-12-6-4-5-7-14(12)20)11-17(25)28-22-15(23)8-9-16(22)24/h4-9,13,23-24H,10-11H2,1-3H3,(H,21,26)/t13-/m1/s1. The number of alkyl carbamates (subject to hydrolysis) is 1. The van der Waals surface area contributed by atoms with Gasteiger partial charge < -0.3 is 25.1 Å². The van der Waals surface area contributed by atoms with Crippen LogP contribution in [0.4, 0.5) is 9.18 Å². The van der Waals surface area contributed by atoms with Crippen LogP contribution in [0.5, 0.6) is 11.8 Å². The van der Waals surface area contributed by atoms with E-state index < -0.39 is 41.3 Å². The number of rotatable bonds is 6. The highest BCUT2D eigenvalue weighted by Gasteiger charge is 2.24. The molecule has 3 N–H and O–H groups in total. The Bertz CT molecular complexity index is 824. The third-order valence-electron chi connectivity index (χ3n) is 3.55. The molecule has 0 fully saturated rings. The van der Waals surface area contributed by atoms with Gasteiger partial charge in [0, 0.05) is 18.2 Å². The Morgan fingerprint density at radius 3 is 2.32 bits per heavy atom. The van der Waals surface area contributed by atoms with E-state index in [4.69, 9.17) is 9.57 Å². The zero-order chi connectivity index (χ0) is 20.9. The lowest BCUT2D eigenvalue weighted by Gasteiger charge is -2.23. The molecule has 0 bridgehead atoms. The molecular formula is C19H23FN2O6. The first-order valence-electron chi connectivity index (χ1n) is 8.59. The molecule has 0 aliphatic carbocycles. The third kappa shape index (κ3) is 6.19. The molecule has 0 unspecified atom stereocenters. The Kier molecular flexibility index (Phi) is 6.50. The van der Waals surface area contributed by atoms with Crippen LogP contribution in [0, 0.1) is 5.82 Å². The van der Waals surface area contributed by atoms with Gasteiger partial charge in [-0.05, 0) is 38.8 Å². The van der Waals surface area contributed by atoms with Gasteiger partial charge in [0.25, 0.3) is 0 Å². The summed E-state index contributed by atoms with van der Waals surface area (Å²) in [7, 11) is 0.